The van der Waals surface area contributed by atoms with Crippen LogP contribution in [0.3, 0.4) is 0 Å². The summed E-state index contributed by atoms with van der Waals surface area (Å²) in [5, 5.41) is 8.15. The first-order valence-electron chi connectivity index (χ1n) is 17.0. The van der Waals surface area contributed by atoms with Gasteiger partial charge in [0, 0.05) is 52.4 Å². The number of likely N-dealkylation sites (N-methyl/N-ethyl adjacent to an activating group) is 2. The number of rotatable bonds is 18. The molecule has 2 aliphatic heterocycles. The van der Waals surface area contributed by atoms with Crippen LogP contribution in [0.15, 0.2) is 42.5 Å². The van der Waals surface area contributed by atoms with E-state index >= 15 is 0 Å². The van der Waals surface area contributed by atoms with Gasteiger partial charge < -0.3 is 29.6 Å². The van der Waals surface area contributed by atoms with Gasteiger partial charge in [-0.05, 0) is 86.5 Å². The topological polar surface area (TPSA) is 121 Å². The predicted octanol–water partition coefficient (Wildman–Crippen LogP) is 4.18. The van der Waals surface area contributed by atoms with Crippen LogP contribution in [0.1, 0.15) is 91.6 Å². The van der Waals surface area contributed by atoms with E-state index in [-0.39, 0.29) is 24.8 Å². The van der Waals surface area contributed by atoms with E-state index in [2.05, 4.69) is 40.3 Å². The maximum absolute atomic E-state index is 12.4. The molecule has 2 saturated heterocycles. The molecule has 3 atom stereocenters. The van der Waals surface area contributed by atoms with Crippen molar-refractivity contribution in [1.29, 1.82) is 0 Å². The van der Waals surface area contributed by atoms with Gasteiger partial charge in [0.2, 0.25) is 5.91 Å². The van der Waals surface area contributed by atoms with Crippen molar-refractivity contribution in [2.45, 2.75) is 83.3 Å². The van der Waals surface area contributed by atoms with Crippen LogP contribution in [0.2, 0.25) is 0 Å². The summed E-state index contributed by atoms with van der Waals surface area (Å²) in [4.78, 5) is 36.8. The first-order chi connectivity index (χ1) is 22.9. The Morgan fingerprint density at radius 3 is 2.51 bits per heavy atom. The van der Waals surface area contributed by atoms with Gasteiger partial charge in [-0.3, -0.25) is 14.5 Å². The molecular formula is C36H55N5O6. The van der Waals surface area contributed by atoms with E-state index in [1.54, 1.807) is 19.2 Å². The summed E-state index contributed by atoms with van der Waals surface area (Å²) in [6.45, 7) is 8.13. The highest BCUT2D eigenvalue weighted by molar-refractivity contribution is 5.82. The maximum Gasteiger partial charge on any atom is 0.237 e. The molecule has 2 aliphatic rings. The lowest BCUT2D eigenvalue weighted by Crippen LogP contribution is -2.43. The Labute approximate surface area is 280 Å². The number of aldehydes is 2. The molecule has 3 unspecified atom stereocenters. The van der Waals surface area contributed by atoms with Crippen molar-refractivity contribution < 1.29 is 28.6 Å². The standard InChI is InChI=1S/C34H49N5O6.C2H6/c1-35-33(42)31(7-6-17-40)38(2)23-29-21-30(13-12-28(29)24-41)44-18-5-4-16-36-22-32-37-39(3)34(45-32)27-10-8-25(9-11-27)26-14-19-43-20-15-26;1-2/h8-13,17,21,24,26,31-32,34,36-37H,4-7,14-16,18-20,22-23H2,1-3H3,(H,35,42);1-2H3. The summed E-state index contributed by atoms with van der Waals surface area (Å²) >= 11 is 0. The third kappa shape index (κ3) is 11.8. The highest BCUT2D eigenvalue weighted by atomic mass is 16.6. The van der Waals surface area contributed by atoms with Gasteiger partial charge in [0.05, 0.1) is 12.6 Å². The fourth-order valence-electron chi connectivity index (χ4n) is 5.95. The molecular weight excluding hydrogens is 598 g/mol. The first-order valence-corrected chi connectivity index (χ1v) is 17.0. The fraction of sp³-hybridized carbons (Fsp3) is 0.583. The van der Waals surface area contributed by atoms with Crippen LogP contribution in [0.5, 0.6) is 5.75 Å². The number of benzene rings is 2. The SMILES string of the molecule is CC.CNC(=O)C(CCC=O)N(C)Cc1cc(OCCCCNCC2NN(C)C(c3ccc(C4CCOCC4)cc3)O2)ccc1C=O. The van der Waals surface area contributed by atoms with Gasteiger partial charge in [0.15, 0.2) is 6.23 Å². The zero-order valence-corrected chi connectivity index (χ0v) is 28.8. The molecule has 2 heterocycles. The summed E-state index contributed by atoms with van der Waals surface area (Å²) < 4.78 is 17.8. The molecule has 1 amide bonds. The van der Waals surface area contributed by atoms with Gasteiger partial charge >= 0.3 is 0 Å². The van der Waals surface area contributed by atoms with Crippen molar-refractivity contribution in [3.05, 3.63) is 64.7 Å². The quantitative estimate of drug-likeness (QED) is 0.160. The van der Waals surface area contributed by atoms with Gasteiger partial charge in [0.1, 0.15) is 24.5 Å². The number of nitrogens with one attached hydrogen (secondary N) is 3. The molecule has 11 heteroatoms. The van der Waals surface area contributed by atoms with E-state index in [0.29, 0.717) is 43.3 Å². The Morgan fingerprint density at radius 1 is 1.11 bits per heavy atom. The van der Waals surface area contributed by atoms with Gasteiger partial charge in [-0.1, -0.05) is 38.1 Å². The van der Waals surface area contributed by atoms with Crippen LogP contribution >= 0.6 is 0 Å². The monoisotopic (exact) mass is 653 g/mol. The van der Waals surface area contributed by atoms with Gasteiger partial charge in [-0.15, -0.1) is 0 Å². The van der Waals surface area contributed by atoms with Crippen molar-refractivity contribution in [2.75, 3.05) is 54.1 Å². The molecule has 47 heavy (non-hydrogen) atoms. The van der Waals surface area contributed by atoms with Crippen LogP contribution in [0, 0.1) is 0 Å². The lowest BCUT2D eigenvalue weighted by atomic mass is 9.91. The molecule has 0 aromatic heterocycles. The number of hydrogen-bond acceptors (Lipinski definition) is 10. The van der Waals surface area contributed by atoms with E-state index in [1.807, 2.05) is 43.9 Å². The van der Waals surface area contributed by atoms with Crippen LogP contribution in [0.4, 0.5) is 0 Å². The Hall–Kier alpha value is -3.19. The van der Waals surface area contributed by atoms with Crippen LogP contribution in [-0.4, -0.2) is 94.7 Å². The number of amides is 1. The molecule has 2 aromatic rings. The largest absolute Gasteiger partial charge is 0.494 e. The second-order valence-corrected chi connectivity index (χ2v) is 11.8. The molecule has 2 aromatic carbocycles. The molecule has 0 saturated carbocycles. The van der Waals surface area contributed by atoms with Crippen molar-refractivity contribution in [3.63, 3.8) is 0 Å². The summed E-state index contributed by atoms with van der Waals surface area (Å²) in [5.41, 5.74) is 7.24. The predicted molar refractivity (Wildman–Crippen MR) is 183 cm³/mol. The van der Waals surface area contributed by atoms with Crippen LogP contribution in [-0.2, 0) is 25.6 Å². The van der Waals surface area contributed by atoms with E-state index < -0.39 is 6.04 Å². The van der Waals surface area contributed by atoms with Gasteiger partial charge in [0.25, 0.3) is 0 Å². The zero-order chi connectivity index (χ0) is 34.0. The third-order valence-corrected chi connectivity index (χ3v) is 8.55. The number of nitrogens with zero attached hydrogens (tertiary/aromatic N) is 2. The van der Waals surface area contributed by atoms with Crippen molar-refractivity contribution >= 4 is 18.5 Å². The Kier molecular flexibility index (Phi) is 17.0. The van der Waals surface area contributed by atoms with Gasteiger partial charge in [-0.2, -0.15) is 0 Å². The summed E-state index contributed by atoms with van der Waals surface area (Å²) in [6.07, 6.45) is 6.05. The van der Waals surface area contributed by atoms with Crippen LogP contribution < -0.4 is 20.8 Å². The second kappa shape index (κ2) is 20.9. The number of ether oxygens (including phenoxy) is 3. The molecule has 0 aliphatic carbocycles. The number of carbonyl (C=O) groups is 3. The molecule has 0 radical (unpaired) electrons. The van der Waals surface area contributed by atoms with Gasteiger partial charge in [-0.25, -0.2) is 10.4 Å². The molecule has 4 rings (SSSR count). The van der Waals surface area contributed by atoms with E-state index in [1.165, 1.54) is 5.56 Å². The average molecular weight is 654 g/mol. The molecule has 260 valence electrons. The molecule has 0 bridgehead atoms. The molecule has 3 N–H and O–H groups in total. The molecule has 11 nitrogen and oxygen atoms in total. The van der Waals surface area contributed by atoms with Crippen molar-refractivity contribution in [1.82, 2.24) is 26.0 Å². The second-order valence-electron chi connectivity index (χ2n) is 11.8. The lowest BCUT2D eigenvalue weighted by Gasteiger charge is -2.27. The van der Waals surface area contributed by atoms with E-state index in [9.17, 15) is 14.4 Å². The Balaban J connectivity index is 0.00000294. The highest BCUT2D eigenvalue weighted by Gasteiger charge is 2.31. The first kappa shape index (κ1) is 38.3. The fourth-order valence-corrected chi connectivity index (χ4v) is 5.95. The number of unbranched alkanes of at least 4 members (excludes halogenated alkanes) is 1. The van der Waals surface area contributed by atoms with E-state index in [4.69, 9.17) is 14.2 Å². The normalized spacial score (nSPS) is 19.1. The zero-order valence-electron chi connectivity index (χ0n) is 28.8. The average Bonchev–Trinajstić information content (AvgIpc) is 3.49. The van der Waals surface area contributed by atoms with E-state index in [0.717, 1.165) is 69.1 Å². The number of carbonyl (C=O) groups excluding carboxylic acids is 3. The summed E-state index contributed by atoms with van der Waals surface area (Å²) in [6, 6.07) is 13.7. The molecule has 2 fully saturated rings. The summed E-state index contributed by atoms with van der Waals surface area (Å²) in [7, 11) is 5.40. The number of hydrazine groups is 1. The smallest absolute Gasteiger partial charge is 0.237 e. The summed E-state index contributed by atoms with van der Waals surface area (Å²) in [5.74, 6) is 1.10. The maximum atomic E-state index is 12.4. The minimum atomic E-state index is -0.471. The minimum absolute atomic E-state index is 0.110. The van der Waals surface area contributed by atoms with Crippen LogP contribution in [0.25, 0.3) is 0 Å². The van der Waals surface area contributed by atoms with Crippen molar-refractivity contribution in [2.24, 2.45) is 0 Å². The third-order valence-electron chi connectivity index (χ3n) is 8.55. The Morgan fingerprint density at radius 2 is 1.83 bits per heavy atom. The van der Waals surface area contributed by atoms with Crippen molar-refractivity contribution in [3.8, 4) is 5.75 Å². The highest BCUT2D eigenvalue weighted by Crippen LogP contribution is 2.30. The number of hydrogen-bond donors (Lipinski definition) is 3. The molecule has 0 spiro atoms. The Bertz CT molecular complexity index is 1220. The minimum Gasteiger partial charge on any atom is -0.494 e. The lowest BCUT2D eigenvalue weighted by molar-refractivity contribution is -0.126.